The van der Waals surface area contributed by atoms with Gasteiger partial charge < -0.3 is 24.8 Å². The molecule has 2 N–H and O–H groups in total. The smallest absolute Gasteiger partial charge is 0.224 e. The minimum Gasteiger partial charge on any atom is -0.486 e. The van der Waals surface area contributed by atoms with Crippen LogP contribution in [0.2, 0.25) is 0 Å². The summed E-state index contributed by atoms with van der Waals surface area (Å²) in [6.45, 7) is 4.34. The zero-order valence-corrected chi connectivity index (χ0v) is 13.3. The second-order valence-electron chi connectivity index (χ2n) is 5.12. The molecule has 0 unspecified atom stereocenters. The molecule has 0 spiro atoms. The fourth-order valence-corrected chi connectivity index (χ4v) is 2.25. The predicted molar refractivity (Wildman–Crippen MR) is 87.8 cm³/mol. The van der Waals surface area contributed by atoms with E-state index < -0.39 is 0 Å². The quantitative estimate of drug-likeness (QED) is 0.792. The summed E-state index contributed by atoms with van der Waals surface area (Å²) >= 11 is 0. The van der Waals surface area contributed by atoms with Crippen molar-refractivity contribution in [2.45, 2.75) is 6.92 Å². The van der Waals surface area contributed by atoms with E-state index in [1.54, 1.807) is 7.11 Å². The van der Waals surface area contributed by atoms with E-state index in [2.05, 4.69) is 20.6 Å². The third kappa shape index (κ3) is 4.01. The minimum absolute atomic E-state index is 0.566. The first-order chi connectivity index (χ1) is 11.2. The zero-order chi connectivity index (χ0) is 16.1. The number of ether oxygens (including phenoxy) is 3. The molecule has 0 radical (unpaired) electrons. The van der Waals surface area contributed by atoms with Crippen molar-refractivity contribution in [3.8, 4) is 11.5 Å². The number of hydrogen-bond acceptors (Lipinski definition) is 7. The van der Waals surface area contributed by atoms with Crippen LogP contribution in [0.5, 0.6) is 11.5 Å². The number of nitrogens with zero attached hydrogens (tertiary/aromatic N) is 2. The van der Waals surface area contributed by atoms with Gasteiger partial charge in [-0.3, -0.25) is 0 Å². The SMILES string of the molecule is COCCNc1nc(C)cc(Nc2ccc3c(c2)OCCO3)n1. The molecule has 7 heteroatoms. The van der Waals surface area contributed by atoms with E-state index in [1.165, 1.54) is 0 Å². The topological polar surface area (TPSA) is 77.5 Å². The third-order valence-corrected chi connectivity index (χ3v) is 3.26. The highest BCUT2D eigenvalue weighted by molar-refractivity contribution is 5.62. The average Bonchev–Trinajstić information content (AvgIpc) is 2.54. The highest BCUT2D eigenvalue weighted by Gasteiger charge is 2.12. The Morgan fingerprint density at radius 1 is 1.13 bits per heavy atom. The van der Waals surface area contributed by atoms with Crippen LogP contribution in [0, 0.1) is 6.92 Å². The van der Waals surface area contributed by atoms with Gasteiger partial charge in [0, 0.05) is 37.2 Å². The molecule has 0 saturated carbocycles. The number of hydrogen-bond donors (Lipinski definition) is 2. The summed E-state index contributed by atoms with van der Waals surface area (Å²) in [6.07, 6.45) is 0. The lowest BCUT2D eigenvalue weighted by Crippen LogP contribution is -2.15. The van der Waals surface area contributed by atoms with Crippen LogP contribution < -0.4 is 20.1 Å². The molecule has 0 fully saturated rings. The molecule has 0 saturated heterocycles. The average molecular weight is 316 g/mol. The number of anilines is 3. The highest BCUT2D eigenvalue weighted by atomic mass is 16.6. The summed E-state index contributed by atoms with van der Waals surface area (Å²) in [5.41, 5.74) is 1.76. The van der Waals surface area contributed by atoms with E-state index in [9.17, 15) is 0 Å². The van der Waals surface area contributed by atoms with Gasteiger partial charge in [-0.15, -0.1) is 0 Å². The van der Waals surface area contributed by atoms with Gasteiger partial charge in [0.15, 0.2) is 11.5 Å². The maximum Gasteiger partial charge on any atom is 0.224 e. The zero-order valence-electron chi connectivity index (χ0n) is 13.3. The monoisotopic (exact) mass is 316 g/mol. The van der Waals surface area contributed by atoms with Crippen molar-refractivity contribution >= 4 is 17.5 Å². The normalized spacial score (nSPS) is 12.8. The molecule has 122 valence electrons. The predicted octanol–water partition coefficient (Wildman–Crippen LogP) is 2.36. The van der Waals surface area contributed by atoms with Gasteiger partial charge in [0.1, 0.15) is 19.0 Å². The van der Waals surface area contributed by atoms with E-state index in [1.807, 2.05) is 31.2 Å². The first kappa shape index (κ1) is 15.4. The standard InChI is InChI=1S/C16H20N4O3/c1-11-9-15(20-16(18-11)17-5-6-21-2)19-12-3-4-13-14(10-12)23-8-7-22-13/h3-4,9-10H,5-8H2,1-2H3,(H2,17,18,19,20). The maximum atomic E-state index is 5.59. The van der Waals surface area contributed by atoms with Crippen molar-refractivity contribution < 1.29 is 14.2 Å². The number of fused-ring (bicyclic) bond motifs is 1. The van der Waals surface area contributed by atoms with Gasteiger partial charge in [0.05, 0.1) is 6.61 Å². The first-order valence-electron chi connectivity index (χ1n) is 7.50. The molecule has 0 aliphatic carbocycles. The molecule has 1 aliphatic rings. The third-order valence-electron chi connectivity index (χ3n) is 3.26. The van der Waals surface area contributed by atoms with Gasteiger partial charge in [0.2, 0.25) is 5.95 Å². The molecule has 3 rings (SSSR count). The second-order valence-corrected chi connectivity index (χ2v) is 5.12. The minimum atomic E-state index is 0.566. The van der Waals surface area contributed by atoms with Crippen LogP contribution in [-0.2, 0) is 4.74 Å². The lowest BCUT2D eigenvalue weighted by Gasteiger charge is -2.19. The van der Waals surface area contributed by atoms with Crippen molar-refractivity contribution in [2.75, 3.05) is 44.1 Å². The van der Waals surface area contributed by atoms with Crippen molar-refractivity contribution in [3.63, 3.8) is 0 Å². The van der Waals surface area contributed by atoms with E-state index in [-0.39, 0.29) is 0 Å². The lowest BCUT2D eigenvalue weighted by atomic mass is 10.2. The molecule has 2 heterocycles. The molecule has 7 nitrogen and oxygen atoms in total. The molecule has 0 bridgehead atoms. The van der Waals surface area contributed by atoms with E-state index in [4.69, 9.17) is 14.2 Å². The van der Waals surface area contributed by atoms with E-state index in [0.717, 1.165) is 22.9 Å². The number of nitrogens with one attached hydrogen (secondary N) is 2. The van der Waals surface area contributed by atoms with Crippen molar-refractivity contribution in [1.29, 1.82) is 0 Å². The van der Waals surface area contributed by atoms with Gasteiger partial charge in [-0.25, -0.2) is 4.98 Å². The number of aryl methyl sites for hydroxylation is 1. The molecule has 0 amide bonds. The number of aromatic nitrogens is 2. The lowest BCUT2D eigenvalue weighted by molar-refractivity contribution is 0.171. The summed E-state index contributed by atoms with van der Waals surface area (Å²) < 4.78 is 16.1. The van der Waals surface area contributed by atoms with Crippen molar-refractivity contribution in [2.24, 2.45) is 0 Å². The summed E-state index contributed by atoms with van der Waals surface area (Å²) in [5.74, 6) is 2.80. The highest BCUT2D eigenvalue weighted by Crippen LogP contribution is 2.33. The molecular formula is C16H20N4O3. The first-order valence-corrected chi connectivity index (χ1v) is 7.50. The maximum absolute atomic E-state index is 5.59. The number of methoxy groups -OCH3 is 1. The molecular weight excluding hydrogens is 296 g/mol. The summed E-state index contributed by atoms with van der Waals surface area (Å²) in [6, 6.07) is 7.62. The van der Waals surface area contributed by atoms with Crippen LogP contribution >= 0.6 is 0 Å². The van der Waals surface area contributed by atoms with E-state index in [0.29, 0.717) is 38.1 Å². The van der Waals surface area contributed by atoms with Crippen molar-refractivity contribution in [1.82, 2.24) is 9.97 Å². The van der Waals surface area contributed by atoms with Crippen LogP contribution in [0.25, 0.3) is 0 Å². The Labute approximate surface area is 135 Å². The Morgan fingerprint density at radius 2 is 1.96 bits per heavy atom. The van der Waals surface area contributed by atoms with E-state index >= 15 is 0 Å². The van der Waals surface area contributed by atoms with Gasteiger partial charge in [-0.05, 0) is 19.1 Å². The summed E-state index contributed by atoms with van der Waals surface area (Å²) in [7, 11) is 1.66. The summed E-state index contributed by atoms with van der Waals surface area (Å²) in [4.78, 5) is 8.81. The molecule has 1 aliphatic heterocycles. The van der Waals surface area contributed by atoms with Crippen LogP contribution in [0.15, 0.2) is 24.3 Å². The van der Waals surface area contributed by atoms with Gasteiger partial charge >= 0.3 is 0 Å². The Bertz CT molecular complexity index is 678. The molecule has 2 aromatic rings. The molecule has 23 heavy (non-hydrogen) atoms. The Morgan fingerprint density at radius 3 is 2.78 bits per heavy atom. The van der Waals surface area contributed by atoms with Gasteiger partial charge in [0.25, 0.3) is 0 Å². The van der Waals surface area contributed by atoms with Crippen LogP contribution in [0.4, 0.5) is 17.5 Å². The Hall–Kier alpha value is -2.54. The van der Waals surface area contributed by atoms with Crippen molar-refractivity contribution in [3.05, 3.63) is 30.0 Å². The number of benzene rings is 1. The fourth-order valence-electron chi connectivity index (χ4n) is 2.25. The fraction of sp³-hybridized carbons (Fsp3) is 0.375. The van der Waals surface area contributed by atoms with Gasteiger partial charge in [-0.1, -0.05) is 0 Å². The molecule has 0 atom stereocenters. The Balaban J connectivity index is 1.74. The van der Waals surface area contributed by atoms with Crippen LogP contribution in [0.1, 0.15) is 5.69 Å². The second kappa shape index (κ2) is 7.15. The van der Waals surface area contributed by atoms with Gasteiger partial charge in [-0.2, -0.15) is 4.98 Å². The van der Waals surface area contributed by atoms with Crippen LogP contribution in [-0.4, -0.2) is 43.4 Å². The largest absolute Gasteiger partial charge is 0.486 e. The molecule has 1 aromatic heterocycles. The summed E-state index contributed by atoms with van der Waals surface area (Å²) in [5, 5.41) is 6.40. The molecule has 1 aromatic carbocycles. The number of rotatable bonds is 6. The van der Waals surface area contributed by atoms with Crippen LogP contribution in [0.3, 0.4) is 0 Å². The Kier molecular flexibility index (Phi) is 4.77.